The Morgan fingerprint density at radius 1 is 1.12 bits per heavy atom. The molecule has 0 aliphatic rings. The van der Waals surface area contributed by atoms with Crippen LogP contribution in [0.15, 0.2) is 48.5 Å². The van der Waals surface area contributed by atoms with Gasteiger partial charge in [-0.05, 0) is 30.7 Å². The van der Waals surface area contributed by atoms with Crippen molar-refractivity contribution in [1.29, 1.82) is 0 Å². The number of aromatic hydroxyl groups is 1. The molecule has 2 aromatic rings. The fraction of sp³-hybridized carbons (Fsp3) is 0.300. The number of halogens is 1. The van der Waals surface area contributed by atoms with Crippen molar-refractivity contribution >= 4 is 11.9 Å². The van der Waals surface area contributed by atoms with Crippen molar-refractivity contribution in [3.05, 3.63) is 59.7 Å². The molecule has 1 N–H and O–H groups in total. The Kier molecular flexibility index (Phi) is 7.14. The maximum atomic E-state index is 13.7. The minimum absolute atomic E-state index is 0.0604. The molecule has 0 fully saturated rings. The lowest BCUT2D eigenvalue weighted by atomic mass is 10.1. The number of hydrogen-bond donors (Lipinski definition) is 1. The number of benzene rings is 2. The van der Waals surface area contributed by atoms with Crippen LogP contribution in [0.4, 0.5) is 4.39 Å². The summed E-state index contributed by atoms with van der Waals surface area (Å²) in [6.07, 6.45) is 0.630. The maximum absolute atomic E-state index is 13.7. The average molecular weight is 360 g/mol. The van der Waals surface area contributed by atoms with Crippen molar-refractivity contribution < 1.29 is 28.6 Å². The quantitative estimate of drug-likeness (QED) is 0.561. The average Bonchev–Trinajstić information content (AvgIpc) is 2.65. The number of phenols is 1. The zero-order chi connectivity index (χ0) is 18.9. The summed E-state index contributed by atoms with van der Waals surface area (Å²) in [5.41, 5.74) is 0.230. The number of alkyl halides is 1. The molecule has 0 aliphatic heterocycles. The Morgan fingerprint density at radius 2 is 1.85 bits per heavy atom. The van der Waals surface area contributed by atoms with Gasteiger partial charge in [-0.1, -0.05) is 38.0 Å². The molecule has 0 radical (unpaired) electrons. The molecule has 0 heterocycles. The summed E-state index contributed by atoms with van der Waals surface area (Å²) in [6.45, 7) is 1.58. The highest BCUT2D eigenvalue weighted by molar-refractivity contribution is 5.96. The van der Waals surface area contributed by atoms with Gasteiger partial charge in [0.05, 0.1) is 5.56 Å². The molecule has 2 aromatic carbocycles. The van der Waals surface area contributed by atoms with Gasteiger partial charge in [0.2, 0.25) is 0 Å². The third kappa shape index (κ3) is 5.58. The molecule has 0 aromatic heterocycles. The van der Waals surface area contributed by atoms with Crippen LogP contribution in [0, 0.1) is 0 Å². The lowest BCUT2D eigenvalue weighted by molar-refractivity contribution is 0.0385. The zero-order valence-electron chi connectivity index (χ0n) is 14.5. The van der Waals surface area contributed by atoms with Crippen molar-refractivity contribution in [3.8, 4) is 11.5 Å². The Labute approximate surface area is 151 Å². The number of hydrogen-bond acceptors (Lipinski definition) is 5. The molecule has 2 rings (SSSR count). The summed E-state index contributed by atoms with van der Waals surface area (Å²) in [5.74, 6) is -1.83. The molecule has 6 heteroatoms. The molecule has 1 atom stereocenters. The molecule has 138 valence electrons. The molecule has 0 bridgehead atoms. The van der Waals surface area contributed by atoms with Crippen LogP contribution in [0.3, 0.4) is 0 Å². The number of carbonyl (C=O) groups excluding carboxylic acids is 2. The Morgan fingerprint density at radius 3 is 2.54 bits per heavy atom. The first kappa shape index (κ1) is 19.4. The summed E-state index contributed by atoms with van der Waals surface area (Å²) in [5, 5.41) is 9.61. The van der Waals surface area contributed by atoms with Crippen LogP contribution in [0.1, 0.15) is 46.9 Å². The first-order valence-corrected chi connectivity index (χ1v) is 8.42. The highest BCUT2D eigenvalue weighted by atomic mass is 19.1. The second-order valence-corrected chi connectivity index (χ2v) is 5.77. The van der Waals surface area contributed by atoms with Gasteiger partial charge in [-0.25, -0.2) is 14.0 Å². The highest BCUT2D eigenvalue weighted by Gasteiger charge is 2.20. The van der Waals surface area contributed by atoms with Crippen LogP contribution in [-0.2, 0) is 4.74 Å². The molecular formula is C20H21FO5. The van der Waals surface area contributed by atoms with E-state index < -0.39 is 18.1 Å². The fourth-order valence-corrected chi connectivity index (χ4v) is 2.25. The standard InChI is InChI=1S/C20H21FO5/c1-2-3-9-15(21)13-25-20(24)17-11-10-16(22)12-18(17)26-19(23)14-7-5-4-6-8-14/h4-8,10-12,15,22H,2-3,9,13H2,1H3. The zero-order valence-corrected chi connectivity index (χ0v) is 14.5. The van der Waals surface area contributed by atoms with Gasteiger partial charge in [-0.15, -0.1) is 0 Å². The number of carbonyl (C=O) groups is 2. The number of ether oxygens (including phenoxy) is 2. The van der Waals surface area contributed by atoms with E-state index >= 15 is 0 Å². The van der Waals surface area contributed by atoms with E-state index in [1.165, 1.54) is 12.1 Å². The van der Waals surface area contributed by atoms with E-state index in [9.17, 15) is 19.1 Å². The van der Waals surface area contributed by atoms with Gasteiger partial charge in [0.15, 0.2) is 0 Å². The maximum Gasteiger partial charge on any atom is 0.343 e. The summed E-state index contributed by atoms with van der Waals surface area (Å²) >= 11 is 0. The molecule has 5 nitrogen and oxygen atoms in total. The Hall–Kier alpha value is -2.89. The van der Waals surface area contributed by atoms with E-state index in [-0.39, 0.29) is 23.7 Å². The van der Waals surface area contributed by atoms with Crippen molar-refractivity contribution in [2.45, 2.75) is 32.4 Å². The van der Waals surface area contributed by atoms with E-state index in [1.807, 2.05) is 6.92 Å². The Balaban J connectivity index is 2.09. The number of rotatable bonds is 8. The highest BCUT2D eigenvalue weighted by Crippen LogP contribution is 2.26. The summed E-state index contributed by atoms with van der Waals surface area (Å²) in [6, 6.07) is 11.9. The van der Waals surface area contributed by atoms with Crippen LogP contribution >= 0.6 is 0 Å². The van der Waals surface area contributed by atoms with Crippen LogP contribution < -0.4 is 4.74 Å². The van der Waals surface area contributed by atoms with Crippen molar-refractivity contribution in [1.82, 2.24) is 0 Å². The molecule has 0 saturated carbocycles. The van der Waals surface area contributed by atoms with Crippen molar-refractivity contribution in [2.24, 2.45) is 0 Å². The number of unbranched alkanes of at least 4 members (excludes halogenated alkanes) is 1. The van der Waals surface area contributed by atoms with Crippen LogP contribution in [0.25, 0.3) is 0 Å². The first-order valence-electron chi connectivity index (χ1n) is 8.42. The van der Waals surface area contributed by atoms with Gasteiger partial charge >= 0.3 is 11.9 Å². The van der Waals surface area contributed by atoms with Crippen molar-refractivity contribution in [2.75, 3.05) is 6.61 Å². The molecular weight excluding hydrogens is 339 g/mol. The third-order valence-electron chi connectivity index (χ3n) is 3.66. The topological polar surface area (TPSA) is 72.8 Å². The van der Waals surface area contributed by atoms with E-state index in [4.69, 9.17) is 9.47 Å². The molecule has 1 unspecified atom stereocenters. The predicted octanol–water partition coefficient (Wildman–Crippen LogP) is 4.30. The fourth-order valence-electron chi connectivity index (χ4n) is 2.25. The largest absolute Gasteiger partial charge is 0.508 e. The molecule has 0 saturated heterocycles. The minimum Gasteiger partial charge on any atom is -0.508 e. The molecule has 0 amide bonds. The second-order valence-electron chi connectivity index (χ2n) is 5.77. The lowest BCUT2D eigenvalue weighted by Crippen LogP contribution is -2.17. The summed E-state index contributed by atoms with van der Waals surface area (Å²) in [4.78, 5) is 24.4. The van der Waals surface area contributed by atoms with E-state index in [0.717, 1.165) is 12.5 Å². The van der Waals surface area contributed by atoms with Crippen LogP contribution in [-0.4, -0.2) is 29.8 Å². The van der Waals surface area contributed by atoms with Gasteiger partial charge in [-0.3, -0.25) is 0 Å². The molecule has 26 heavy (non-hydrogen) atoms. The van der Waals surface area contributed by atoms with Crippen molar-refractivity contribution in [3.63, 3.8) is 0 Å². The Bertz CT molecular complexity index is 745. The first-order chi connectivity index (χ1) is 12.5. The van der Waals surface area contributed by atoms with E-state index in [0.29, 0.717) is 18.4 Å². The normalized spacial score (nSPS) is 11.6. The molecule has 0 spiro atoms. The second kappa shape index (κ2) is 9.56. The smallest absolute Gasteiger partial charge is 0.343 e. The van der Waals surface area contributed by atoms with Gasteiger partial charge in [-0.2, -0.15) is 0 Å². The third-order valence-corrected chi connectivity index (χ3v) is 3.66. The summed E-state index contributed by atoms with van der Waals surface area (Å²) in [7, 11) is 0. The SMILES string of the molecule is CCCCC(F)COC(=O)c1ccc(O)cc1OC(=O)c1ccccc1. The van der Waals surface area contributed by atoms with Gasteiger partial charge in [0.1, 0.15) is 29.8 Å². The predicted molar refractivity (Wildman–Crippen MR) is 94.2 cm³/mol. The monoisotopic (exact) mass is 360 g/mol. The number of esters is 2. The van der Waals surface area contributed by atoms with Gasteiger partial charge < -0.3 is 14.6 Å². The minimum atomic E-state index is -1.24. The lowest BCUT2D eigenvalue weighted by Gasteiger charge is -2.12. The van der Waals surface area contributed by atoms with E-state index in [1.54, 1.807) is 30.3 Å². The van der Waals surface area contributed by atoms with E-state index in [2.05, 4.69) is 0 Å². The number of phenolic OH excluding ortho intramolecular Hbond substituents is 1. The van der Waals surface area contributed by atoms with Crippen LogP contribution in [0.5, 0.6) is 11.5 Å². The van der Waals surface area contributed by atoms with Gasteiger partial charge in [0.25, 0.3) is 0 Å². The van der Waals surface area contributed by atoms with Gasteiger partial charge in [0, 0.05) is 6.07 Å². The van der Waals surface area contributed by atoms with Crippen LogP contribution in [0.2, 0.25) is 0 Å². The summed E-state index contributed by atoms with van der Waals surface area (Å²) < 4.78 is 23.8. The molecule has 0 aliphatic carbocycles.